The molecule has 0 amide bonds. The van der Waals surface area contributed by atoms with Gasteiger partial charge in [-0.25, -0.2) is 0 Å². The van der Waals surface area contributed by atoms with Crippen LogP contribution in [-0.4, -0.2) is 44.6 Å². The van der Waals surface area contributed by atoms with Crippen molar-refractivity contribution in [2.75, 3.05) is 19.4 Å². The second-order valence-corrected chi connectivity index (χ2v) is 23.5. The third kappa shape index (κ3) is 10.5. The maximum absolute atomic E-state index is 12.7. The van der Waals surface area contributed by atoms with E-state index in [0.717, 1.165) is 25.3 Å². The fourth-order valence-electron chi connectivity index (χ4n) is 3.70. The van der Waals surface area contributed by atoms with Gasteiger partial charge in [0.25, 0.3) is 0 Å². The minimum Gasteiger partial charge on any atom is -0.437 e. The van der Waals surface area contributed by atoms with E-state index in [9.17, 15) is 4.57 Å². The normalized spacial score (nSPS) is 15.2. The zero-order valence-electron chi connectivity index (χ0n) is 20.3. The summed E-state index contributed by atoms with van der Waals surface area (Å²) < 4.78 is 37.1. The lowest BCUT2D eigenvalue weighted by atomic mass is 10.4. The lowest BCUT2D eigenvalue weighted by Gasteiger charge is -2.39. The van der Waals surface area contributed by atoms with Gasteiger partial charge in [-0.3, -0.25) is 4.57 Å². The van der Waals surface area contributed by atoms with Crippen LogP contribution in [0.4, 0.5) is 0 Å². The largest absolute Gasteiger partial charge is 0.437 e. The van der Waals surface area contributed by atoms with Crippen molar-refractivity contribution in [1.29, 1.82) is 0 Å². The lowest BCUT2D eigenvalue weighted by molar-refractivity contribution is 0.211. The van der Waals surface area contributed by atoms with Crippen LogP contribution in [0.2, 0.25) is 45.3 Å². The molecule has 0 aliphatic rings. The minimum absolute atomic E-state index is 0.419. The Bertz CT molecular complexity index is 668. The van der Waals surface area contributed by atoms with E-state index >= 15 is 0 Å². The van der Waals surface area contributed by atoms with Crippen molar-refractivity contribution in [3.8, 4) is 0 Å². The molecule has 1 aromatic rings. The lowest BCUT2D eigenvalue weighted by Crippen LogP contribution is -2.56. The first kappa shape index (κ1) is 28.0. The minimum atomic E-state index is -2.96. The summed E-state index contributed by atoms with van der Waals surface area (Å²) in [5.74, 6) is 0. The zero-order chi connectivity index (χ0) is 22.9. The average Bonchev–Trinajstić information content (AvgIpc) is 2.63. The van der Waals surface area contributed by atoms with Crippen molar-refractivity contribution in [3.05, 3.63) is 30.3 Å². The van der Waals surface area contributed by atoms with Crippen molar-refractivity contribution in [1.82, 2.24) is 0 Å². The van der Waals surface area contributed by atoms with Crippen LogP contribution in [-0.2, 0) is 21.8 Å². The molecule has 0 aromatic heterocycles. The molecule has 0 saturated carbocycles. The monoisotopic (exact) mass is 490 g/mol. The molecule has 0 fully saturated rings. The Kier molecular flexibility index (Phi) is 11.4. The average molecular weight is 491 g/mol. The summed E-state index contributed by atoms with van der Waals surface area (Å²) in [6, 6.07) is 11.5. The van der Waals surface area contributed by atoms with Crippen molar-refractivity contribution >= 4 is 38.0 Å². The molecule has 0 saturated heterocycles. The molecule has 0 N–H and O–H groups in total. The Balaban J connectivity index is 2.57. The van der Waals surface area contributed by atoms with Gasteiger partial charge in [-0.05, 0) is 70.3 Å². The predicted molar refractivity (Wildman–Crippen MR) is 135 cm³/mol. The highest BCUT2D eigenvalue weighted by molar-refractivity contribution is 7.53. The van der Waals surface area contributed by atoms with Crippen molar-refractivity contribution < 1.29 is 21.8 Å². The quantitative estimate of drug-likeness (QED) is 0.160. The topological polar surface area (TPSA) is 54.0 Å². The third-order valence-electron chi connectivity index (χ3n) is 4.77. The highest BCUT2D eigenvalue weighted by Crippen LogP contribution is 2.49. The summed E-state index contributed by atoms with van der Waals surface area (Å²) in [4.78, 5) is 0. The van der Waals surface area contributed by atoms with Gasteiger partial charge in [-0.1, -0.05) is 43.7 Å². The van der Waals surface area contributed by atoms with E-state index in [2.05, 4.69) is 63.5 Å². The van der Waals surface area contributed by atoms with E-state index in [1.54, 1.807) is 0 Å². The Labute approximate surface area is 187 Å². The fourth-order valence-corrected chi connectivity index (χ4v) is 19.3. The first-order chi connectivity index (χ1) is 13.8. The SMILES string of the molecule is CCCOP(=O)(CCCC[Si](C)(C)O[Si](C)(C)O[Si](C)(C)c1ccccc1)OCC. The van der Waals surface area contributed by atoms with Gasteiger partial charge in [-0.2, -0.15) is 0 Å². The first-order valence-corrected chi connectivity index (χ1v) is 21.8. The van der Waals surface area contributed by atoms with Crippen LogP contribution in [0.25, 0.3) is 0 Å². The number of hydrogen-bond acceptors (Lipinski definition) is 5. The molecule has 9 heteroatoms. The second-order valence-electron chi connectivity index (χ2n) is 9.28. The number of benzene rings is 1. The Morgan fingerprint density at radius 1 is 0.867 bits per heavy atom. The van der Waals surface area contributed by atoms with Crippen molar-refractivity contribution in [3.63, 3.8) is 0 Å². The smallest absolute Gasteiger partial charge is 0.330 e. The predicted octanol–water partition coefficient (Wildman–Crippen LogP) is 6.48. The van der Waals surface area contributed by atoms with Gasteiger partial charge in [0.05, 0.1) is 19.4 Å². The van der Waals surface area contributed by atoms with Crippen molar-refractivity contribution in [2.45, 2.75) is 78.4 Å². The molecular formula is C21H43O5PSi3. The van der Waals surface area contributed by atoms with Gasteiger partial charge >= 0.3 is 16.2 Å². The molecule has 0 radical (unpaired) electrons. The van der Waals surface area contributed by atoms with Gasteiger partial charge in [-0.15, -0.1) is 0 Å². The zero-order valence-corrected chi connectivity index (χ0v) is 24.2. The molecule has 1 unspecified atom stereocenters. The first-order valence-electron chi connectivity index (χ1n) is 11.2. The molecule has 1 aromatic carbocycles. The molecule has 5 nitrogen and oxygen atoms in total. The third-order valence-corrected chi connectivity index (χ3v) is 18.3. The van der Waals surface area contributed by atoms with E-state index in [1.165, 1.54) is 5.19 Å². The van der Waals surface area contributed by atoms with Crippen LogP contribution in [0.3, 0.4) is 0 Å². The molecule has 0 spiro atoms. The van der Waals surface area contributed by atoms with E-state index in [0.29, 0.717) is 19.4 Å². The molecule has 1 rings (SSSR count). The molecule has 174 valence electrons. The molecule has 0 aliphatic heterocycles. The van der Waals surface area contributed by atoms with E-state index in [-0.39, 0.29) is 0 Å². The van der Waals surface area contributed by atoms with E-state index < -0.39 is 32.8 Å². The summed E-state index contributed by atoms with van der Waals surface area (Å²) in [5, 5.41) is 1.30. The maximum atomic E-state index is 12.7. The van der Waals surface area contributed by atoms with Gasteiger partial charge in [0.1, 0.15) is 0 Å². The Morgan fingerprint density at radius 2 is 1.50 bits per heavy atom. The van der Waals surface area contributed by atoms with Gasteiger partial charge in [0.2, 0.25) is 8.32 Å². The van der Waals surface area contributed by atoms with Crippen LogP contribution >= 0.6 is 7.60 Å². The molecule has 30 heavy (non-hydrogen) atoms. The van der Waals surface area contributed by atoms with Crippen LogP contribution < -0.4 is 5.19 Å². The summed E-state index contributed by atoms with van der Waals surface area (Å²) in [6.07, 6.45) is 3.12. The number of unbranched alkanes of at least 4 members (excludes halogenated alkanes) is 1. The number of hydrogen-bond donors (Lipinski definition) is 0. The second kappa shape index (κ2) is 12.3. The van der Waals surface area contributed by atoms with E-state index in [4.69, 9.17) is 17.3 Å². The van der Waals surface area contributed by atoms with Gasteiger partial charge < -0.3 is 17.3 Å². The summed E-state index contributed by atoms with van der Waals surface area (Å²) in [5.41, 5.74) is 0. The molecule has 0 aliphatic carbocycles. The molecule has 1 atom stereocenters. The Morgan fingerprint density at radius 3 is 2.07 bits per heavy atom. The summed E-state index contributed by atoms with van der Waals surface area (Å²) in [7, 11) is -9.12. The van der Waals surface area contributed by atoms with Crippen molar-refractivity contribution in [2.24, 2.45) is 0 Å². The Hall–Kier alpha value is -0.0594. The maximum Gasteiger partial charge on any atom is 0.330 e. The highest BCUT2D eigenvalue weighted by atomic mass is 31.2. The molecular weight excluding hydrogens is 447 g/mol. The van der Waals surface area contributed by atoms with E-state index in [1.807, 2.05) is 19.9 Å². The standard InChI is InChI=1S/C21H43O5PSi3/c1-9-18-24-27(22,23-10-2)19-14-15-20-28(3,4)25-30(7,8)26-29(5,6)21-16-12-11-13-17-21/h11-13,16-17H,9-10,14-15,18-20H2,1-8H3. The van der Waals surface area contributed by atoms with Crippen LogP contribution in [0.15, 0.2) is 30.3 Å². The molecule has 0 heterocycles. The summed E-state index contributed by atoms with van der Waals surface area (Å²) >= 11 is 0. The van der Waals surface area contributed by atoms with Crippen LogP contribution in [0.1, 0.15) is 33.1 Å². The van der Waals surface area contributed by atoms with Crippen LogP contribution in [0.5, 0.6) is 0 Å². The number of rotatable bonds is 15. The fraction of sp³-hybridized carbons (Fsp3) is 0.714. The van der Waals surface area contributed by atoms with Gasteiger partial charge in [0.15, 0.2) is 8.32 Å². The van der Waals surface area contributed by atoms with Gasteiger partial charge in [0, 0.05) is 0 Å². The highest BCUT2D eigenvalue weighted by Gasteiger charge is 2.40. The summed E-state index contributed by atoms with van der Waals surface area (Å²) in [6.45, 7) is 18.1. The molecule has 0 bridgehead atoms. The van der Waals surface area contributed by atoms with Crippen LogP contribution in [0, 0.1) is 0 Å².